The van der Waals surface area contributed by atoms with Crippen molar-refractivity contribution in [2.75, 3.05) is 5.32 Å². The summed E-state index contributed by atoms with van der Waals surface area (Å²) in [4.78, 5) is 21.8. The Morgan fingerprint density at radius 1 is 1.15 bits per heavy atom. The molecule has 11 heteroatoms. The van der Waals surface area contributed by atoms with Crippen LogP contribution in [-0.4, -0.2) is 19.2 Å². The third-order valence-electron chi connectivity index (χ3n) is 3.41. The summed E-state index contributed by atoms with van der Waals surface area (Å²) in [5.74, 6) is -1.15. The first-order valence-corrected chi connectivity index (χ1v) is 9.01. The number of hydrogen-bond donors (Lipinski definition) is 2. The van der Waals surface area contributed by atoms with Crippen LogP contribution in [0.4, 0.5) is 11.6 Å². The number of nitrogens with zero attached hydrogens (tertiary/aromatic N) is 1. The third kappa shape index (κ3) is 4.40. The molecule has 27 heavy (non-hydrogen) atoms. The molecule has 0 spiro atoms. The van der Waals surface area contributed by atoms with E-state index in [1.165, 1.54) is 30.5 Å². The summed E-state index contributed by atoms with van der Waals surface area (Å²) in [5.41, 5.74) is 0.180. The molecule has 2 N–H and O–H groups in total. The first-order chi connectivity index (χ1) is 12.8. The molecule has 2 heterocycles. The average molecular weight is 391 g/mol. The molecule has 0 aliphatic heterocycles. The smallest absolute Gasteiger partial charge is 0.433 e. The summed E-state index contributed by atoms with van der Waals surface area (Å²) in [6.07, 6.45) is 1.43. The topological polar surface area (TPSA) is 145 Å². The fraction of sp³-hybridized carbons (Fsp3) is 0.0625. The molecule has 0 aliphatic carbocycles. The van der Waals surface area contributed by atoms with E-state index in [0.29, 0.717) is 5.76 Å². The van der Waals surface area contributed by atoms with Crippen molar-refractivity contribution in [1.29, 1.82) is 0 Å². The molecular weight excluding hydrogens is 378 g/mol. The number of amides is 1. The highest BCUT2D eigenvalue weighted by molar-refractivity contribution is 7.89. The van der Waals surface area contributed by atoms with Gasteiger partial charge in [-0.1, -0.05) is 6.07 Å². The van der Waals surface area contributed by atoms with Gasteiger partial charge in [0.05, 0.1) is 23.8 Å². The zero-order valence-corrected chi connectivity index (χ0v) is 14.4. The minimum atomic E-state index is -3.84. The Labute approximate surface area is 153 Å². The van der Waals surface area contributed by atoms with Crippen LogP contribution in [0, 0.1) is 10.1 Å². The highest BCUT2D eigenvalue weighted by Gasteiger charge is 2.19. The molecule has 3 rings (SSSR count). The van der Waals surface area contributed by atoms with Gasteiger partial charge >= 0.3 is 5.88 Å². The van der Waals surface area contributed by atoms with Crippen LogP contribution in [-0.2, 0) is 16.6 Å². The van der Waals surface area contributed by atoms with Gasteiger partial charge in [-0.15, -0.1) is 0 Å². The number of rotatable bonds is 7. The minimum Gasteiger partial charge on any atom is -0.468 e. The zero-order valence-electron chi connectivity index (χ0n) is 13.6. The van der Waals surface area contributed by atoms with Gasteiger partial charge in [0.1, 0.15) is 10.7 Å². The van der Waals surface area contributed by atoms with Gasteiger partial charge in [0.25, 0.3) is 5.91 Å². The maximum Gasteiger partial charge on any atom is 0.433 e. The summed E-state index contributed by atoms with van der Waals surface area (Å²) >= 11 is 0. The van der Waals surface area contributed by atoms with E-state index in [9.17, 15) is 23.3 Å². The molecule has 1 amide bonds. The summed E-state index contributed by atoms with van der Waals surface area (Å²) < 4.78 is 37.0. The second kappa shape index (κ2) is 7.43. The van der Waals surface area contributed by atoms with Gasteiger partial charge in [-0.2, -0.15) is 0 Å². The van der Waals surface area contributed by atoms with Crippen LogP contribution in [0.1, 0.15) is 16.3 Å². The lowest BCUT2D eigenvalue weighted by Gasteiger charge is -2.08. The fourth-order valence-electron chi connectivity index (χ4n) is 2.14. The van der Waals surface area contributed by atoms with E-state index in [1.54, 1.807) is 12.1 Å². The summed E-state index contributed by atoms with van der Waals surface area (Å²) in [6.45, 7) is -0.0258. The summed E-state index contributed by atoms with van der Waals surface area (Å²) in [6, 6.07) is 11.0. The standard InChI is InChI=1S/C16H13N3O7S/c20-16(14-6-7-15(26-14)19(21)22)18-11-3-1-5-13(9-11)27(23,24)17-10-12-4-2-8-25-12/h1-9,17H,10H2,(H,18,20). The molecule has 0 saturated carbocycles. The Kier molecular flexibility index (Phi) is 5.05. The molecule has 0 radical (unpaired) electrons. The summed E-state index contributed by atoms with van der Waals surface area (Å²) in [7, 11) is -3.84. The van der Waals surface area contributed by atoms with Gasteiger partial charge in [-0.3, -0.25) is 14.9 Å². The van der Waals surface area contributed by atoms with Gasteiger partial charge in [0.2, 0.25) is 10.0 Å². The van der Waals surface area contributed by atoms with E-state index in [0.717, 1.165) is 12.1 Å². The number of sulfonamides is 1. The lowest BCUT2D eigenvalue weighted by Crippen LogP contribution is -2.23. The lowest BCUT2D eigenvalue weighted by molar-refractivity contribution is -0.402. The van der Waals surface area contributed by atoms with Crippen molar-refractivity contribution >= 4 is 27.5 Å². The summed E-state index contributed by atoms with van der Waals surface area (Å²) in [5, 5.41) is 13.0. The van der Waals surface area contributed by atoms with Crippen molar-refractivity contribution < 1.29 is 27.0 Å². The molecule has 0 saturated heterocycles. The number of furan rings is 2. The van der Waals surface area contributed by atoms with Crippen molar-refractivity contribution in [2.24, 2.45) is 0 Å². The first kappa shape index (κ1) is 18.4. The first-order valence-electron chi connectivity index (χ1n) is 7.53. The molecular formula is C16H13N3O7S. The molecule has 2 aromatic heterocycles. The number of carbonyl (C=O) groups is 1. The highest BCUT2D eigenvalue weighted by Crippen LogP contribution is 2.19. The van der Waals surface area contributed by atoms with Crippen LogP contribution in [0.25, 0.3) is 0 Å². The van der Waals surface area contributed by atoms with E-state index in [1.807, 2.05) is 0 Å². The van der Waals surface area contributed by atoms with E-state index in [-0.39, 0.29) is 22.9 Å². The molecule has 0 unspecified atom stereocenters. The van der Waals surface area contributed by atoms with Crippen LogP contribution in [0.5, 0.6) is 0 Å². The van der Waals surface area contributed by atoms with Gasteiger partial charge < -0.3 is 14.2 Å². The second-order valence-electron chi connectivity index (χ2n) is 5.28. The van der Waals surface area contributed by atoms with Crippen LogP contribution in [0.3, 0.4) is 0 Å². The molecule has 0 fully saturated rings. The lowest BCUT2D eigenvalue weighted by atomic mass is 10.3. The molecule has 0 atom stereocenters. The SMILES string of the molecule is O=C(Nc1cccc(S(=O)(=O)NCc2ccco2)c1)c1ccc([N+](=O)[O-])o1. The zero-order chi connectivity index (χ0) is 19.4. The van der Waals surface area contributed by atoms with Crippen LogP contribution in [0.15, 0.2) is 68.5 Å². The molecule has 1 aromatic carbocycles. The maximum absolute atomic E-state index is 12.4. The number of nitro groups is 1. The monoisotopic (exact) mass is 391 g/mol. The Morgan fingerprint density at radius 2 is 1.96 bits per heavy atom. The predicted molar refractivity (Wildman–Crippen MR) is 92.5 cm³/mol. The third-order valence-corrected chi connectivity index (χ3v) is 4.81. The normalized spacial score (nSPS) is 11.3. The largest absolute Gasteiger partial charge is 0.468 e. The maximum atomic E-state index is 12.4. The molecule has 10 nitrogen and oxygen atoms in total. The fourth-order valence-corrected chi connectivity index (χ4v) is 3.18. The number of anilines is 1. The van der Waals surface area contributed by atoms with Crippen molar-refractivity contribution in [3.05, 3.63) is 76.4 Å². The quantitative estimate of drug-likeness (QED) is 0.465. The highest BCUT2D eigenvalue weighted by atomic mass is 32.2. The molecule has 0 bridgehead atoms. The molecule has 0 aliphatic rings. The Morgan fingerprint density at radius 3 is 2.63 bits per heavy atom. The number of benzene rings is 1. The Bertz CT molecular complexity index is 1070. The van der Waals surface area contributed by atoms with Gasteiger partial charge in [0, 0.05) is 5.69 Å². The van der Waals surface area contributed by atoms with E-state index in [4.69, 9.17) is 8.83 Å². The van der Waals surface area contributed by atoms with Gasteiger partial charge in [-0.05, 0) is 36.4 Å². The minimum absolute atomic E-state index is 0.0258. The van der Waals surface area contributed by atoms with Gasteiger partial charge in [-0.25, -0.2) is 13.1 Å². The molecule has 140 valence electrons. The van der Waals surface area contributed by atoms with Crippen LogP contribution >= 0.6 is 0 Å². The number of carbonyl (C=O) groups excluding carboxylic acids is 1. The van der Waals surface area contributed by atoms with Crippen LogP contribution in [0.2, 0.25) is 0 Å². The van der Waals surface area contributed by atoms with Crippen molar-refractivity contribution in [3.63, 3.8) is 0 Å². The Balaban J connectivity index is 1.72. The Hall–Kier alpha value is -3.44. The van der Waals surface area contributed by atoms with E-state index < -0.39 is 26.7 Å². The van der Waals surface area contributed by atoms with Crippen molar-refractivity contribution in [3.8, 4) is 0 Å². The number of hydrogen-bond acceptors (Lipinski definition) is 7. The van der Waals surface area contributed by atoms with Crippen molar-refractivity contribution in [1.82, 2.24) is 4.72 Å². The molecule has 3 aromatic rings. The van der Waals surface area contributed by atoms with E-state index in [2.05, 4.69) is 10.0 Å². The predicted octanol–water partition coefficient (Wildman–Crippen LogP) is 2.51. The van der Waals surface area contributed by atoms with Crippen molar-refractivity contribution in [2.45, 2.75) is 11.4 Å². The van der Waals surface area contributed by atoms with E-state index >= 15 is 0 Å². The average Bonchev–Trinajstić information content (AvgIpc) is 3.32. The van der Waals surface area contributed by atoms with Gasteiger partial charge in [0.15, 0.2) is 5.76 Å². The second-order valence-corrected chi connectivity index (χ2v) is 7.05. The van der Waals surface area contributed by atoms with Crippen LogP contribution < -0.4 is 10.0 Å². The number of nitrogens with one attached hydrogen (secondary N) is 2.